The zero-order chi connectivity index (χ0) is 11.1. The number of halogens is 1. The van der Waals surface area contributed by atoms with Gasteiger partial charge in [-0.2, -0.15) is 0 Å². The number of rotatable bonds is 3. The molecule has 1 aromatic carbocycles. The SMILES string of the molecule is CN(C)c1ccc(C2(CO)CC2)cc1F. The summed E-state index contributed by atoms with van der Waals surface area (Å²) < 4.78 is 13.7. The second kappa shape index (κ2) is 3.49. The molecule has 1 saturated carbocycles. The third-order valence-corrected chi connectivity index (χ3v) is 3.20. The first-order valence-electron chi connectivity index (χ1n) is 5.17. The van der Waals surface area contributed by atoms with Gasteiger partial charge in [-0.1, -0.05) is 6.07 Å². The van der Waals surface area contributed by atoms with Crippen molar-refractivity contribution in [2.24, 2.45) is 0 Å². The summed E-state index contributed by atoms with van der Waals surface area (Å²) in [6.07, 6.45) is 1.93. The first kappa shape index (κ1) is 10.4. The first-order chi connectivity index (χ1) is 7.09. The van der Waals surface area contributed by atoms with E-state index in [1.807, 2.05) is 20.2 Å². The Kier molecular flexibility index (Phi) is 2.43. The van der Waals surface area contributed by atoms with Gasteiger partial charge in [-0.05, 0) is 30.5 Å². The monoisotopic (exact) mass is 209 g/mol. The highest BCUT2D eigenvalue weighted by Crippen LogP contribution is 2.48. The predicted molar refractivity (Wildman–Crippen MR) is 58.7 cm³/mol. The fourth-order valence-electron chi connectivity index (χ4n) is 1.89. The molecule has 1 fully saturated rings. The molecule has 2 rings (SSSR count). The van der Waals surface area contributed by atoms with Crippen molar-refractivity contribution in [2.45, 2.75) is 18.3 Å². The molecule has 0 aliphatic heterocycles. The van der Waals surface area contributed by atoms with E-state index in [0.717, 1.165) is 18.4 Å². The lowest BCUT2D eigenvalue weighted by atomic mass is 9.96. The summed E-state index contributed by atoms with van der Waals surface area (Å²) in [7, 11) is 3.63. The molecule has 0 amide bonds. The van der Waals surface area contributed by atoms with Crippen molar-refractivity contribution in [3.05, 3.63) is 29.6 Å². The predicted octanol–water partition coefficient (Wildman–Crippen LogP) is 1.92. The van der Waals surface area contributed by atoms with Crippen LogP contribution in [-0.2, 0) is 5.41 Å². The van der Waals surface area contributed by atoms with Crippen molar-refractivity contribution < 1.29 is 9.50 Å². The van der Waals surface area contributed by atoms with Crippen LogP contribution in [0.4, 0.5) is 10.1 Å². The Morgan fingerprint density at radius 3 is 2.47 bits per heavy atom. The maximum atomic E-state index is 13.7. The van der Waals surface area contributed by atoms with Crippen molar-refractivity contribution in [3.63, 3.8) is 0 Å². The largest absolute Gasteiger partial charge is 0.395 e. The molecule has 3 heteroatoms. The third kappa shape index (κ3) is 1.72. The van der Waals surface area contributed by atoms with Crippen molar-refractivity contribution in [2.75, 3.05) is 25.6 Å². The van der Waals surface area contributed by atoms with Gasteiger partial charge in [0.05, 0.1) is 12.3 Å². The molecule has 1 aromatic rings. The van der Waals surface area contributed by atoms with Crippen LogP contribution in [0.1, 0.15) is 18.4 Å². The fourth-order valence-corrected chi connectivity index (χ4v) is 1.89. The number of hydrogen-bond donors (Lipinski definition) is 1. The summed E-state index contributed by atoms with van der Waals surface area (Å²) in [6, 6.07) is 5.25. The summed E-state index contributed by atoms with van der Waals surface area (Å²) in [4.78, 5) is 1.75. The molecule has 0 atom stereocenters. The summed E-state index contributed by atoms with van der Waals surface area (Å²) in [5.74, 6) is -0.211. The number of aliphatic hydroxyl groups excluding tert-OH is 1. The molecule has 0 unspecified atom stereocenters. The maximum absolute atomic E-state index is 13.7. The van der Waals surface area contributed by atoms with Gasteiger partial charge in [0.25, 0.3) is 0 Å². The van der Waals surface area contributed by atoms with Crippen LogP contribution in [0.5, 0.6) is 0 Å². The molecular weight excluding hydrogens is 193 g/mol. The quantitative estimate of drug-likeness (QED) is 0.822. The highest BCUT2D eigenvalue weighted by molar-refractivity contribution is 5.49. The second-order valence-corrected chi connectivity index (χ2v) is 4.50. The number of benzene rings is 1. The van der Waals surface area contributed by atoms with Gasteiger partial charge in [0.2, 0.25) is 0 Å². The molecule has 0 aromatic heterocycles. The first-order valence-corrected chi connectivity index (χ1v) is 5.17. The van der Waals surface area contributed by atoms with E-state index >= 15 is 0 Å². The Hall–Kier alpha value is -1.09. The lowest BCUT2D eigenvalue weighted by Crippen LogP contribution is -2.14. The number of anilines is 1. The third-order valence-electron chi connectivity index (χ3n) is 3.20. The van der Waals surface area contributed by atoms with Crippen LogP contribution in [0, 0.1) is 5.82 Å². The molecule has 1 N–H and O–H groups in total. The highest BCUT2D eigenvalue weighted by Gasteiger charge is 2.43. The number of hydrogen-bond acceptors (Lipinski definition) is 2. The van der Waals surface area contributed by atoms with Crippen LogP contribution in [0.2, 0.25) is 0 Å². The highest BCUT2D eigenvalue weighted by atomic mass is 19.1. The van der Waals surface area contributed by atoms with Crippen LogP contribution in [0.15, 0.2) is 18.2 Å². The minimum Gasteiger partial charge on any atom is -0.395 e. The Labute approximate surface area is 89.3 Å². The van der Waals surface area contributed by atoms with Crippen LogP contribution in [0.25, 0.3) is 0 Å². The Morgan fingerprint density at radius 1 is 1.40 bits per heavy atom. The molecule has 0 spiro atoms. The fraction of sp³-hybridized carbons (Fsp3) is 0.500. The van der Waals surface area contributed by atoms with E-state index in [1.165, 1.54) is 0 Å². The number of aliphatic hydroxyl groups is 1. The minimum absolute atomic E-state index is 0.119. The van der Waals surface area contributed by atoms with E-state index in [1.54, 1.807) is 17.0 Å². The van der Waals surface area contributed by atoms with Gasteiger partial charge in [-0.25, -0.2) is 4.39 Å². The van der Waals surface area contributed by atoms with Gasteiger partial charge < -0.3 is 10.0 Å². The average molecular weight is 209 g/mol. The minimum atomic E-state index is -0.211. The molecule has 82 valence electrons. The van der Waals surface area contributed by atoms with E-state index in [4.69, 9.17) is 0 Å². The van der Waals surface area contributed by atoms with E-state index in [2.05, 4.69) is 0 Å². The summed E-state index contributed by atoms with van der Waals surface area (Å²) >= 11 is 0. The molecule has 2 nitrogen and oxygen atoms in total. The lowest BCUT2D eigenvalue weighted by Gasteiger charge is -2.17. The zero-order valence-electron chi connectivity index (χ0n) is 9.13. The standard InChI is InChI=1S/C12H16FNO/c1-14(2)11-4-3-9(7-10(11)13)12(8-15)5-6-12/h3-4,7,15H,5-6,8H2,1-2H3. The maximum Gasteiger partial charge on any atom is 0.146 e. The van der Waals surface area contributed by atoms with Crippen LogP contribution < -0.4 is 4.90 Å². The van der Waals surface area contributed by atoms with Crippen LogP contribution in [0.3, 0.4) is 0 Å². The Morgan fingerprint density at radius 2 is 2.07 bits per heavy atom. The van der Waals surface area contributed by atoms with Gasteiger partial charge in [0.15, 0.2) is 0 Å². The van der Waals surface area contributed by atoms with E-state index < -0.39 is 0 Å². The molecule has 1 aliphatic carbocycles. The molecule has 0 saturated heterocycles. The molecule has 0 bridgehead atoms. The van der Waals surface area contributed by atoms with Crippen LogP contribution in [-0.4, -0.2) is 25.8 Å². The topological polar surface area (TPSA) is 23.5 Å². The van der Waals surface area contributed by atoms with Crippen molar-refractivity contribution >= 4 is 5.69 Å². The van der Waals surface area contributed by atoms with Gasteiger partial charge in [0.1, 0.15) is 5.82 Å². The van der Waals surface area contributed by atoms with Crippen molar-refractivity contribution in [1.29, 1.82) is 0 Å². The molecule has 0 heterocycles. The van der Waals surface area contributed by atoms with Gasteiger partial charge in [-0.3, -0.25) is 0 Å². The normalized spacial score (nSPS) is 17.6. The van der Waals surface area contributed by atoms with Gasteiger partial charge in [0, 0.05) is 19.5 Å². The molecule has 1 aliphatic rings. The van der Waals surface area contributed by atoms with E-state index in [9.17, 15) is 9.50 Å². The van der Waals surface area contributed by atoms with Crippen molar-refractivity contribution in [3.8, 4) is 0 Å². The Bertz CT molecular complexity index is 372. The van der Waals surface area contributed by atoms with Crippen molar-refractivity contribution in [1.82, 2.24) is 0 Å². The smallest absolute Gasteiger partial charge is 0.146 e. The van der Waals surface area contributed by atoms with E-state index in [0.29, 0.717) is 5.69 Å². The average Bonchev–Trinajstić information content (AvgIpc) is 2.97. The summed E-state index contributed by atoms with van der Waals surface area (Å²) in [5.41, 5.74) is 1.37. The van der Waals surface area contributed by atoms with Gasteiger partial charge in [-0.15, -0.1) is 0 Å². The zero-order valence-corrected chi connectivity index (χ0v) is 9.13. The lowest BCUT2D eigenvalue weighted by molar-refractivity contribution is 0.255. The molecule has 0 radical (unpaired) electrons. The number of nitrogens with zero attached hydrogens (tertiary/aromatic N) is 1. The van der Waals surface area contributed by atoms with E-state index in [-0.39, 0.29) is 17.8 Å². The second-order valence-electron chi connectivity index (χ2n) is 4.50. The Balaban J connectivity index is 2.34. The molecular formula is C12H16FNO. The summed E-state index contributed by atoms with van der Waals surface area (Å²) in [6.45, 7) is 0.119. The van der Waals surface area contributed by atoms with Gasteiger partial charge >= 0.3 is 0 Å². The van der Waals surface area contributed by atoms with Crippen LogP contribution >= 0.6 is 0 Å². The molecule has 15 heavy (non-hydrogen) atoms. The summed E-state index contributed by atoms with van der Waals surface area (Å²) in [5, 5.41) is 9.25.